The Balaban J connectivity index is 1.29. The number of carbonyl (C=O) groups excluding carboxylic acids is 1. The molecule has 3 aromatic heterocycles. The standard InChI is InChI=1S/C21H18N4O3/c26-21(17-12-16(23-24-17)18-7-3-11-27-18)25-10-8-15(13-25)28-19-6-1-4-14-5-2-9-22-20(14)19/h1-7,9,11-12,15H,8,10,13H2,(H,23,24). The number of hydrogen-bond acceptors (Lipinski definition) is 5. The molecule has 0 saturated carbocycles. The van der Waals surface area contributed by atoms with Crippen LogP contribution >= 0.6 is 0 Å². The van der Waals surface area contributed by atoms with Crippen LogP contribution < -0.4 is 4.74 Å². The van der Waals surface area contributed by atoms with Crippen molar-refractivity contribution in [3.05, 3.63) is 66.7 Å². The van der Waals surface area contributed by atoms with E-state index in [4.69, 9.17) is 9.15 Å². The van der Waals surface area contributed by atoms with Gasteiger partial charge in [0.1, 0.15) is 23.1 Å². The Morgan fingerprint density at radius 2 is 2.14 bits per heavy atom. The maximum atomic E-state index is 12.8. The lowest BCUT2D eigenvalue weighted by molar-refractivity contribution is 0.0767. The molecule has 7 heteroatoms. The Labute approximate surface area is 160 Å². The van der Waals surface area contributed by atoms with Crippen LogP contribution in [0, 0.1) is 0 Å². The van der Waals surface area contributed by atoms with Gasteiger partial charge in [-0.2, -0.15) is 5.10 Å². The number of likely N-dealkylation sites (tertiary alicyclic amines) is 1. The zero-order valence-electron chi connectivity index (χ0n) is 15.0. The van der Waals surface area contributed by atoms with Gasteiger partial charge in [-0.25, -0.2) is 0 Å². The van der Waals surface area contributed by atoms with Crippen LogP contribution in [0.3, 0.4) is 0 Å². The first kappa shape index (κ1) is 16.6. The Kier molecular flexibility index (Phi) is 4.05. The van der Waals surface area contributed by atoms with Crippen molar-refractivity contribution in [1.29, 1.82) is 0 Å². The number of amides is 1. The first-order valence-corrected chi connectivity index (χ1v) is 9.17. The van der Waals surface area contributed by atoms with Gasteiger partial charge in [0.05, 0.1) is 12.8 Å². The molecule has 1 N–H and O–H groups in total. The highest BCUT2D eigenvalue weighted by molar-refractivity contribution is 5.93. The van der Waals surface area contributed by atoms with Crippen molar-refractivity contribution in [2.75, 3.05) is 13.1 Å². The predicted octanol–water partition coefficient (Wildman–Crippen LogP) is 3.51. The second-order valence-electron chi connectivity index (χ2n) is 6.76. The summed E-state index contributed by atoms with van der Waals surface area (Å²) >= 11 is 0. The summed E-state index contributed by atoms with van der Waals surface area (Å²) in [6.45, 7) is 1.15. The van der Waals surface area contributed by atoms with Crippen LogP contribution in [-0.4, -0.2) is 45.2 Å². The van der Waals surface area contributed by atoms with Crippen molar-refractivity contribution >= 4 is 16.8 Å². The van der Waals surface area contributed by atoms with Gasteiger partial charge >= 0.3 is 0 Å². The lowest BCUT2D eigenvalue weighted by atomic mass is 10.2. The summed E-state index contributed by atoms with van der Waals surface area (Å²) in [6, 6.07) is 15.1. The van der Waals surface area contributed by atoms with Crippen LogP contribution in [0.1, 0.15) is 16.9 Å². The van der Waals surface area contributed by atoms with Gasteiger partial charge in [0, 0.05) is 30.6 Å². The third-order valence-corrected chi connectivity index (χ3v) is 4.91. The van der Waals surface area contributed by atoms with E-state index in [1.807, 2.05) is 36.4 Å². The maximum absolute atomic E-state index is 12.8. The van der Waals surface area contributed by atoms with Crippen molar-refractivity contribution in [2.24, 2.45) is 0 Å². The number of ether oxygens (including phenoxy) is 1. The number of fused-ring (bicyclic) bond motifs is 1. The number of furan rings is 1. The van der Waals surface area contributed by atoms with Crippen molar-refractivity contribution in [1.82, 2.24) is 20.1 Å². The topological polar surface area (TPSA) is 84.2 Å². The average molecular weight is 374 g/mol. The Morgan fingerprint density at radius 3 is 3.04 bits per heavy atom. The highest BCUT2D eigenvalue weighted by atomic mass is 16.5. The van der Waals surface area contributed by atoms with E-state index >= 15 is 0 Å². The third kappa shape index (κ3) is 3.00. The zero-order valence-corrected chi connectivity index (χ0v) is 15.0. The van der Waals surface area contributed by atoms with Crippen LogP contribution in [0.25, 0.3) is 22.4 Å². The van der Waals surface area contributed by atoms with E-state index in [-0.39, 0.29) is 12.0 Å². The van der Waals surface area contributed by atoms with Crippen molar-refractivity contribution < 1.29 is 13.9 Å². The summed E-state index contributed by atoms with van der Waals surface area (Å²) in [7, 11) is 0. The van der Waals surface area contributed by atoms with Crippen LogP contribution in [-0.2, 0) is 0 Å². The van der Waals surface area contributed by atoms with Gasteiger partial charge in [0.2, 0.25) is 0 Å². The lowest BCUT2D eigenvalue weighted by Gasteiger charge is -2.17. The fraction of sp³-hybridized carbons (Fsp3) is 0.190. The molecule has 0 bridgehead atoms. The van der Waals surface area contributed by atoms with E-state index in [2.05, 4.69) is 15.2 Å². The van der Waals surface area contributed by atoms with Crippen LogP contribution in [0.5, 0.6) is 5.75 Å². The van der Waals surface area contributed by atoms with Gasteiger partial charge in [-0.1, -0.05) is 18.2 Å². The van der Waals surface area contributed by atoms with E-state index in [0.29, 0.717) is 30.2 Å². The van der Waals surface area contributed by atoms with E-state index in [1.54, 1.807) is 29.5 Å². The SMILES string of the molecule is O=C(c1cc(-c2ccco2)[nH]n1)N1CCC(Oc2cccc3cccnc23)C1. The molecule has 1 aromatic carbocycles. The Bertz CT molecular complexity index is 1110. The summed E-state index contributed by atoms with van der Waals surface area (Å²) in [6.07, 6.45) is 4.04. The first-order valence-electron chi connectivity index (χ1n) is 9.17. The third-order valence-electron chi connectivity index (χ3n) is 4.91. The number of H-pyrrole nitrogens is 1. The van der Waals surface area contributed by atoms with Crippen molar-refractivity contribution in [2.45, 2.75) is 12.5 Å². The summed E-state index contributed by atoms with van der Waals surface area (Å²) in [5.41, 5.74) is 1.89. The molecule has 4 heterocycles. The molecule has 0 aliphatic carbocycles. The molecular weight excluding hydrogens is 356 g/mol. The summed E-state index contributed by atoms with van der Waals surface area (Å²) < 4.78 is 11.5. The van der Waals surface area contributed by atoms with E-state index in [1.165, 1.54) is 0 Å². The number of para-hydroxylation sites is 1. The van der Waals surface area contributed by atoms with Crippen LogP contribution in [0.15, 0.2) is 65.4 Å². The minimum Gasteiger partial charge on any atom is -0.486 e. The molecule has 1 aliphatic heterocycles. The molecule has 7 nitrogen and oxygen atoms in total. The molecule has 0 spiro atoms. The molecule has 0 radical (unpaired) electrons. The maximum Gasteiger partial charge on any atom is 0.274 e. The minimum atomic E-state index is -0.115. The van der Waals surface area contributed by atoms with E-state index in [0.717, 1.165) is 23.1 Å². The number of carbonyl (C=O) groups is 1. The minimum absolute atomic E-state index is 0.0694. The second-order valence-corrected chi connectivity index (χ2v) is 6.76. The molecule has 5 rings (SSSR count). The fourth-order valence-corrected chi connectivity index (χ4v) is 3.51. The molecule has 1 aliphatic rings. The van der Waals surface area contributed by atoms with E-state index in [9.17, 15) is 4.79 Å². The number of rotatable bonds is 4. The van der Waals surface area contributed by atoms with Crippen LogP contribution in [0.2, 0.25) is 0 Å². The predicted molar refractivity (Wildman–Crippen MR) is 103 cm³/mol. The molecule has 4 aromatic rings. The Hall–Kier alpha value is -3.61. The monoisotopic (exact) mass is 374 g/mol. The van der Waals surface area contributed by atoms with Gasteiger partial charge in [-0.05, 0) is 24.3 Å². The van der Waals surface area contributed by atoms with Crippen LogP contribution in [0.4, 0.5) is 0 Å². The summed E-state index contributed by atoms with van der Waals surface area (Å²) in [5.74, 6) is 1.28. The highest BCUT2D eigenvalue weighted by Crippen LogP contribution is 2.27. The molecule has 140 valence electrons. The zero-order chi connectivity index (χ0) is 18.9. The number of hydrogen-bond donors (Lipinski definition) is 1. The fourth-order valence-electron chi connectivity index (χ4n) is 3.51. The van der Waals surface area contributed by atoms with Crippen molar-refractivity contribution in [3.63, 3.8) is 0 Å². The Morgan fingerprint density at radius 1 is 1.21 bits per heavy atom. The number of benzene rings is 1. The average Bonchev–Trinajstić information content (AvgIpc) is 3.48. The molecule has 1 atom stereocenters. The highest BCUT2D eigenvalue weighted by Gasteiger charge is 2.30. The molecular formula is C21H18N4O3. The molecule has 1 fully saturated rings. The van der Waals surface area contributed by atoms with Gasteiger partial charge in [-0.15, -0.1) is 0 Å². The quantitative estimate of drug-likeness (QED) is 0.591. The largest absolute Gasteiger partial charge is 0.486 e. The van der Waals surface area contributed by atoms with Gasteiger partial charge in [0.15, 0.2) is 11.5 Å². The normalized spacial score (nSPS) is 16.6. The number of pyridine rings is 1. The van der Waals surface area contributed by atoms with Crippen molar-refractivity contribution in [3.8, 4) is 17.2 Å². The first-order chi connectivity index (χ1) is 13.8. The number of nitrogens with zero attached hydrogens (tertiary/aromatic N) is 3. The van der Waals surface area contributed by atoms with Gasteiger partial charge in [0.25, 0.3) is 5.91 Å². The smallest absolute Gasteiger partial charge is 0.274 e. The molecule has 1 unspecified atom stereocenters. The number of aromatic nitrogens is 3. The second kappa shape index (κ2) is 6.84. The molecule has 1 saturated heterocycles. The number of aromatic amines is 1. The lowest BCUT2D eigenvalue weighted by Crippen LogP contribution is -2.31. The van der Waals surface area contributed by atoms with Gasteiger partial charge < -0.3 is 14.1 Å². The number of nitrogens with one attached hydrogen (secondary N) is 1. The van der Waals surface area contributed by atoms with Gasteiger partial charge in [-0.3, -0.25) is 14.9 Å². The molecule has 28 heavy (non-hydrogen) atoms. The summed E-state index contributed by atoms with van der Waals surface area (Å²) in [5, 5.41) is 8.03. The summed E-state index contributed by atoms with van der Waals surface area (Å²) in [4.78, 5) is 19.0. The molecule has 1 amide bonds. The van der Waals surface area contributed by atoms with E-state index < -0.39 is 0 Å².